The summed E-state index contributed by atoms with van der Waals surface area (Å²) in [5.74, 6) is 0.790. The highest BCUT2D eigenvalue weighted by Gasteiger charge is 2.19. The van der Waals surface area contributed by atoms with E-state index in [1.165, 1.54) is 32.2 Å². The van der Waals surface area contributed by atoms with E-state index in [-0.39, 0.29) is 0 Å². The fourth-order valence-electron chi connectivity index (χ4n) is 1.91. The molecule has 0 amide bonds. The fraction of sp³-hybridized carbons (Fsp3) is 1.00. The summed E-state index contributed by atoms with van der Waals surface area (Å²) in [6.45, 7) is 5.75. The largest absolute Gasteiger partial charge is 0.314 e. The summed E-state index contributed by atoms with van der Waals surface area (Å²) >= 11 is 2.04. The maximum Gasteiger partial charge on any atom is 0.00679 e. The molecule has 1 N–H and O–H groups in total. The molecule has 1 aliphatic rings. The Morgan fingerprint density at radius 1 is 1.23 bits per heavy atom. The van der Waals surface area contributed by atoms with Gasteiger partial charge < -0.3 is 5.32 Å². The number of thioether (sulfide) groups is 1. The van der Waals surface area contributed by atoms with Crippen molar-refractivity contribution in [3.8, 4) is 0 Å². The van der Waals surface area contributed by atoms with Gasteiger partial charge in [-0.3, -0.25) is 0 Å². The summed E-state index contributed by atoms with van der Waals surface area (Å²) in [7, 11) is 0. The first-order valence-electron chi connectivity index (χ1n) is 5.48. The van der Waals surface area contributed by atoms with Crippen LogP contribution in [0.3, 0.4) is 0 Å². The first-order chi connectivity index (χ1) is 6.22. The Labute approximate surface area is 87.1 Å². The lowest BCUT2D eigenvalue weighted by Crippen LogP contribution is -2.35. The van der Waals surface area contributed by atoms with Crippen LogP contribution in [0.25, 0.3) is 0 Å². The van der Waals surface area contributed by atoms with Gasteiger partial charge in [-0.1, -0.05) is 13.8 Å². The van der Waals surface area contributed by atoms with Gasteiger partial charge in [-0.2, -0.15) is 11.8 Å². The number of hydrogen-bond donors (Lipinski definition) is 1. The van der Waals surface area contributed by atoms with Gasteiger partial charge in [-0.25, -0.2) is 0 Å². The lowest BCUT2D eigenvalue weighted by atomic mass is 9.94. The van der Waals surface area contributed by atoms with E-state index in [0.717, 1.165) is 17.2 Å². The highest BCUT2D eigenvalue weighted by Crippen LogP contribution is 2.26. The zero-order valence-corrected chi connectivity index (χ0v) is 9.99. The predicted octanol–water partition coefficient (Wildman–Crippen LogP) is 2.91. The van der Waals surface area contributed by atoms with E-state index in [0.29, 0.717) is 0 Å². The Hall–Kier alpha value is 0.310. The Bertz CT molecular complexity index is 128. The number of rotatable bonds is 4. The van der Waals surface area contributed by atoms with Crippen LogP contribution in [0.2, 0.25) is 0 Å². The van der Waals surface area contributed by atoms with E-state index in [9.17, 15) is 0 Å². The minimum absolute atomic E-state index is 0.790. The molecule has 0 aromatic heterocycles. The quantitative estimate of drug-likeness (QED) is 0.750. The molecule has 0 aromatic rings. The van der Waals surface area contributed by atoms with Crippen LogP contribution in [-0.2, 0) is 0 Å². The lowest BCUT2D eigenvalue weighted by molar-refractivity contribution is 0.363. The third-order valence-corrected chi connectivity index (χ3v) is 3.96. The van der Waals surface area contributed by atoms with E-state index in [1.54, 1.807) is 0 Å². The van der Waals surface area contributed by atoms with E-state index in [2.05, 4.69) is 25.4 Å². The molecule has 0 aliphatic heterocycles. The molecule has 1 rings (SSSR count). The summed E-state index contributed by atoms with van der Waals surface area (Å²) < 4.78 is 0. The van der Waals surface area contributed by atoms with E-state index >= 15 is 0 Å². The fourth-order valence-corrected chi connectivity index (χ4v) is 2.65. The topological polar surface area (TPSA) is 12.0 Å². The van der Waals surface area contributed by atoms with Crippen molar-refractivity contribution in [2.45, 2.75) is 50.8 Å². The van der Waals surface area contributed by atoms with E-state index in [4.69, 9.17) is 0 Å². The van der Waals surface area contributed by atoms with Crippen molar-refractivity contribution in [3.63, 3.8) is 0 Å². The summed E-state index contributed by atoms with van der Waals surface area (Å²) in [5, 5.41) is 4.60. The molecule has 0 radical (unpaired) electrons. The summed E-state index contributed by atoms with van der Waals surface area (Å²) in [4.78, 5) is 0. The van der Waals surface area contributed by atoms with Gasteiger partial charge in [0.15, 0.2) is 0 Å². The zero-order chi connectivity index (χ0) is 9.68. The van der Waals surface area contributed by atoms with Crippen molar-refractivity contribution in [2.24, 2.45) is 5.92 Å². The van der Waals surface area contributed by atoms with Crippen molar-refractivity contribution < 1.29 is 0 Å². The second-order valence-corrected chi connectivity index (χ2v) is 5.65. The zero-order valence-electron chi connectivity index (χ0n) is 9.18. The van der Waals surface area contributed by atoms with Crippen LogP contribution in [0.15, 0.2) is 0 Å². The third kappa shape index (κ3) is 4.37. The molecule has 1 aliphatic carbocycles. The molecule has 78 valence electrons. The molecule has 1 nitrogen and oxygen atoms in total. The second-order valence-electron chi connectivity index (χ2n) is 4.51. The van der Waals surface area contributed by atoms with E-state index in [1.807, 2.05) is 11.8 Å². The molecule has 0 atom stereocenters. The van der Waals surface area contributed by atoms with Crippen molar-refractivity contribution in [3.05, 3.63) is 0 Å². The molecule has 0 spiro atoms. The lowest BCUT2D eigenvalue weighted by Gasteiger charge is -2.28. The molecule has 0 unspecified atom stereocenters. The van der Waals surface area contributed by atoms with E-state index < -0.39 is 0 Å². The molecule has 1 saturated carbocycles. The van der Waals surface area contributed by atoms with Crippen LogP contribution >= 0.6 is 11.8 Å². The van der Waals surface area contributed by atoms with Gasteiger partial charge in [-0.15, -0.1) is 0 Å². The Balaban J connectivity index is 2.10. The van der Waals surface area contributed by atoms with Crippen LogP contribution in [0, 0.1) is 5.92 Å². The summed E-state index contributed by atoms with van der Waals surface area (Å²) in [6, 6.07) is 0.811. The normalized spacial score (nSPS) is 29.5. The summed E-state index contributed by atoms with van der Waals surface area (Å²) in [5.41, 5.74) is 0. The molecule has 2 heteroatoms. The van der Waals surface area contributed by atoms with Crippen LogP contribution in [0.5, 0.6) is 0 Å². The van der Waals surface area contributed by atoms with Gasteiger partial charge in [0.1, 0.15) is 0 Å². The molecule has 13 heavy (non-hydrogen) atoms. The van der Waals surface area contributed by atoms with Gasteiger partial charge in [0.05, 0.1) is 0 Å². The van der Waals surface area contributed by atoms with Gasteiger partial charge in [0.2, 0.25) is 0 Å². The van der Waals surface area contributed by atoms with Crippen molar-refractivity contribution in [2.75, 3.05) is 12.8 Å². The van der Waals surface area contributed by atoms with Gasteiger partial charge >= 0.3 is 0 Å². The van der Waals surface area contributed by atoms with Gasteiger partial charge in [-0.05, 0) is 44.4 Å². The SMILES string of the molecule is CSC1CCC(NCC(C)C)CC1. The first-order valence-corrected chi connectivity index (χ1v) is 6.77. The highest BCUT2D eigenvalue weighted by atomic mass is 32.2. The van der Waals surface area contributed by atoms with Crippen LogP contribution < -0.4 is 5.32 Å². The third-order valence-electron chi connectivity index (χ3n) is 2.82. The predicted molar refractivity (Wildman–Crippen MR) is 62.4 cm³/mol. The molecule has 0 aromatic carbocycles. The summed E-state index contributed by atoms with van der Waals surface area (Å²) in [6.07, 6.45) is 7.84. The van der Waals surface area contributed by atoms with Crippen molar-refractivity contribution in [1.82, 2.24) is 5.32 Å². The van der Waals surface area contributed by atoms with Crippen LogP contribution in [0.4, 0.5) is 0 Å². The van der Waals surface area contributed by atoms with Gasteiger partial charge in [0, 0.05) is 11.3 Å². The van der Waals surface area contributed by atoms with Crippen LogP contribution in [-0.4, -0.2) is 24.1 Å². The average Bonchev–Trinajstić information content (AvgIpc) is 2.15. The monoisotopic (exact) mass is 201 g/mol. The molecule has 0 saturated heterocycles. The average molecular weight is 201 g/mol. The smallest absolute Gasteiger partial charge is 0.00679 e. The maximum absolute atomic E-state index is 3.66. The maximum atomic E-state index is 3.66. The molecule has 1 fully saturated rings. The van der Waals surface area contributed by atoms with Crippen molar-refractivity contribution in [1.29, 1.82) is 0 Å². The first kappa shape index (κ1) is 11.4. The second kappa shape index (κ2) is 5.92. The molecular weight excluding hydrogens is 178 g/mol. The standard InChI is InChI=1S/C11H23NS/c1-9(2)8-12-10-4-6-11(13-3)7-5-10/h9-12H,4-8H2,1-3H3. The molecule has 0 bridgehead atoms. The highest BCUT2D eigenvalue weighted by molar-refractivity contribution is 7.99. The van der Waals surface area contributed by atoms with Crippen molar-refractivity contribution >= 4 is 11.8 Å². The number of hydrogen-bond acceptors (Lipinski definition) is 2. The Morgan fingerprint density at radius 2 is 1.85 bits per heavy atom. The van der Waals surface area contributed by atoms with Gasteiger partial charge in [0.25, 0.3) is 0 Å². The molecular formula is C11H23NS. The molecule has 0 heterocycles. The minimum atomic E-state index is 0.790. The number of nitrogens with one attached hydrogen (secondary N) is 1. The Kier molecular flexibility index (Phi) is 5.18. The minimum Gasteiger partial charge on any atom is -0.314 e. The van der Waals surface area contributed by atoms with Crippen LogP contribution in [0.1, 0.15) is 39.5 Å². The Morgan fingerprint density at radius 3 is 2.31 bits per heavy atom.